The van der Waals surface area contributed by atoms with Crippen molar-refractivity contribution >= 4 is 17.2 Å². The lowest BCUT2D eigenvalue weighted by Gasteiger charge is -2.30. The van der Waals surface area contributed by atoms with Crippen LogP contribution in [-0.2, 0) is 4.79 Å². The lowest BCUT2D eigenvalue weighted by molar-refractivity contribution is -0.117. The van der Waals surface area contributed by atoms with Gasteiger partial charge in [0.15, 0.2) is 5.78 Å². The standard InChI is InChI=1S/C29H30N2O2/c1-19(2)15-20-16-26-28(27(32)17-20)29(31-25-14-7-6-13-24(25)30-26)21-9-8-12-23(18-21)33-22-10-4-3-5-11-22/h3-14,18-20,29-31H,15-17H2,1-2H3/t20-,29+/m1/s1. The Morgan fingerprint density at radius 3 is 2.39 bits per heavy atom. The van der Waals surface area contributed by atoms with Crippen LogP contribution in [0.1, 0.15) is 44.7 Å². The van der Waals surface area contributed by atoms with Crippen LogP contribution in [0.4, 0.5) is 11.4 Å². The van der Waals surface area contributed by atoms with Crippen LogP contribution in [0, 0.1) is 11.8 Å². The number of carbonyl (C=O) groups is 1. The number of allylic oxidation sites excluding steroid dienone is 1. The predicted octanol–water partition coefficient (Wildman–Crippen LogP) is 7.34. The van der Waals surface area contributed by atoms with Gasteiger partial charge in [0.1, 0.15) is 11.5 Å². The second-order valence-corrected chi connectivity index (χ2v) is 9.45. The van der Waals surface area contributed by atoms with Crippen molar-refractivity contribution in [1.82, 2.24) is 0 Å². The molecule has 0 saturated carbocycles. The number of carbonyl (C=O) groups excluding carboxylic acids is 1. The number of para-hydroxylation sites is 3. The fraction of sp³-hybridized carbons (Fsp3) is 0.276. The molecule has 3 aromatic carbocycles. The van der Waals surface area contributed by atoms with Gasteiger partial charge in [0.2, 0.25) is 0 Å². The van der Waals surface area contributed by atoms with E-state index < -0.39 is 0 Å². The number of hydrogen-bond acceptors (Lipinski definition) is 4. The zero-order chi connectivity index (χ0) is 22.8. The molecule has 0 spiro atoms. The van der Waals surface area contributed by atoms with Gasteiger partial charge in [-0.1, -0.05) is 56.3 Å². The molecule has 4 heteroatoms. The number of anilines is 2. The van der Waals surface area contributed by atoms with Crippen LogP contribution in [-0.4, -0.2) is 5.78 Å². The molecule has 0 aromatic heterocycles. The van der Waals surface area contributed by atoms with Crippen LogP contribution in [0.2, 0.25) is 0 Å². The average molecular weight is 439 g/mol. The maximum atomic E-state index is 13.5. The van der Waals surface area contributed by atoms with Gasteiger partial charge in [0.05, 0.1) is 17.4 Å². The third-order valence-corrected chi connectivity index (χ3v) is 6.37. The van der Waals surface area contributed by atoms with E-state index in [9.17, 15) is 4.79 Å². The Labute approximate surface area is 195 Å². The molecule has 168 valence electrons. The Balaban J connectivity index is 1.54. The molecule has 0 fully saturated rings. The number of rotatable bonds is 5. The molecule has 0 unspecified atom stereocenters. The second kappa shape index (κ2) is 9.14. The molecule has 0 bridgehead atoms. The summed E-state index contributed by atoms with van der Waals surface area (Å²) in [6.07, 6.45) is 2.56. The van der Waals surface area contributed by atoms with Crippen molar-refractivity contribution in [3.05, 3.63) is 95.7 Å². The number of Topliss-reactive ketones (excluding diaryl/α,β-unsaturated/α-hetero) is 1. The zero-order valence-corrected chi connectivity index (χ0v) is 19.2. The van der Waals surface area contributed by atoms with Gasteiger partial charge in [0.25, 0.3) is 0 Å². The van der Waals surface area contributed by atoms with Crippen LogP contribution in [0.25, 0.3) is 0 Å². The Morgan fingerprint density at radius 1 is 0.879 bits per heavy atom. The van der Waals surface area contributed by atoms with Crippen LogP contribution < -0.4 is 15.4 Å². The topological polar surface area (TPSA) is 50.4 Å². The van der Waals surface area contributed by atoms with Crippen molar-refractivity contribution in [2.24, 2.45) is 11.8 Å². The number of ether oxygens (including phenoxy) is 1. The highest BCUT2D eigenvalue weighted by Crippen LogP contribution is 2.43. The first-order valence-corrected chi connectivity index (χ1v) is 11.8. The van der Waals surface area contributed by atoms with Crippen LogP contribution in [0.3, 0.4) is 0 Å². The van der Waals surface area contributed by atoms with Crippen LogP contribution in [0.5, 0.6) is 11.5 Å². The van der Waals surface area contributed by atoms with E-state index in [4.69, 9.17) is 4.74 Å². The first-order chi connectivity index (χ1) is 16.1. The Morgan fingerprint density at radius 2 is 1.61 bits per heavy atom. The predicted molar refractivity (Wildman–Crippen MR) is 134 cm³/mol. The molecule has 4 nitrogen and oxygen atoms in total. The molecule has 5 rings (SSSR count). The van der Waals surface area contributed by atoms with Gasteiger partial charge in [-0.3, -0.25) is 4.79 Å². The maximum absolute atomic E-state index is 13.5. The van der Waals surface area contributed by atoms with Crippen molar-refractivity contribution in [3.63, 3.8) is 0 Å². The Hall–Kier alpha value is -3.53. The van der Waals surface area contributed by atoms with E-state index in [-0.39, 0.29) is 11.8 Å². The molecule has 33 heavy (non-hydrogen) atoms. The van der Waals surface area contributed by atoms with Crippen molar-refractivity contribution in [1.29, 1.82) is 0 Å². The van der Waals surface area contributed by atoms with Gasteiger partial charge >= 0.3 is 0 Å². The normalized spacial score (nSPS) is 19.8. The van der Waals surface area contributed by atoms with Crippen LogP contribution in [0.15, 0.2) is 90.1 Å². The largest absolute Gasteiger partial charge is 0.457 e. The SMILES string of the molecule is CC(C)C[C@H]1CC(=O)C2=C(C1)Nc1ccccc1N[C@H]2c1cccc(Oc2ccccc2)c1. The monoisotopic (exact) mass is 438 g/mol. The molecule has 1 heterocycles. The molecular formula is C29H30N2O2. The lowest BCUT2D eigenvalue weighted by atomic mass is 9.78. The molecule has 1 aliphatic heterocycles. The summed E-state index contributed by atoms with van der Waals surface area (Å²) >= 11 is 0. The van der Waals surface area contributed by atoms with Gasteiger partial charge in [0, 0.05) is 17.7 Å². The molecule has 2 N–H and O–H groups in total. The van der Waals surface area contributed by atoms with Crippen molar-refractivity contribution in [2.45, 2.75) is 39.2 Å². The van der Waals surface area contributed by atoms with E-state index in [1.807, 2.05) is 60.7 Å². The van der Waals surface area contributed by atoms with E-state index in [1.54, 1.807) is 0 Å². The third-order valence-electron chi connectivity index (χ3n) is 6.37. The molecule has 1 aliphatic carbocycles. The van der Waals surface area contributed by atoms with Gasteiger partial charge in [-0.05, 0) is 66.6 Å². The molecular weight excluding hydrogens is 408 g/mol. The average Bonchev–Trinajstić information content (AvgIpc) is 2.96. The Bertz CT molecular complexity index is 1180. The number of benzene rings is 3. The minimum atomic E-state index is -0.233. The molecule has 2 atom stereocenters. The van der Waals surface area contributed by atoms with Gasteiger partial charge in [-0.2, -0.15) is 0 Å². The maximum Gasteiger partial charge on any atom is 0.163 e. The highest BCUT2D eigenvalue weighted by atomic mass is 16.5. The highest BCUT2D eigenvalue weighted by molar-refractivity contribution is 6.00. The molecule has 2 aliphatic rings. The van der Waals surface area contributed by atoms with E-state index in [2.05, 4.69) is 42.7 Å². The zero-order valence-electron chi connectivity index (χ0n) is 19.2. The van der Waals surface area contributed by atoms with E-state index in [0.29, 0.717) is 18.3 Å². The first kappa shape index (κ1) is 21.3. The summed E-state index contributed by atoms with van der Waals surface area (Å²) in [5.74, 6) is 2.73. The third kappa shape index (κ3) is 4.65. The number of hydrogen-bond donors (Lipinski definition) is 2. The Kier molecular flexibility index (Phi) is 5.91. The highest BCUT2D eigenvalue weighted by Gasteiger charge is 2.35. The summed E-state index contributed by atoms with van der Waals surface area (Å²) in [6, 6.07) is 25.8. The summed E-state index contributed by atoms with van der Waals surface area (Å²) in [4.78, 5) is 13.5. The smallest absolute Gasteiger partial charge is 0.163 e. The quantitative estimate of drug-likeness (QED) is 0.438. The van der Waals surface area contributed by atoms with E-state index in [1.165, 1.54) is 0 Å². The van der Waals surface area contributed by atoms with Crippen molar-refractivity contribution in [3.8, 4) is 11.5 Å². The van der Waals surface area contributed by atoms with E-state index >= 15 is 0 Å². The molecule has 0 saturated heterocycles. The van der Waals surface area contributed by atoms with Crippen LogP contribution >= 0.6 is 0 Å². The fourth-order valence-electron chi connectivity index (χ4n) is 5.04. The summed E-state index contributed by atoms with van der Waals surface area (Å²) in [5, 5.41) is 7.27. The van der Waals surface area contributed by atoms with Gasteiger partial charge in [-0.25, -0.2) is 0 Å². The van der Waals surface area contributed by atoms with Gasteiger partial charge < -0.3 is 15.4 Å². The second-order valence-electron chi connectivity index (χ2n) is 9.45. The minimum absolute atomic E-state index is 0.231. The van der Waals surface area contributed by atoms with Crippen molar-refractivity contribution in [2.75, 3.05) is 10.6 Å². The van der Waals surface area contributed by atoms with Crippen molar-refractivity contribution < 1.29 is 9.53 Å². The lowest BCUT2D eigenvalue weighted by Crippen LogP contribution is -2.28. The molecule has 3 aromatic rings. The van der Waals surface area contributed by atoms with Gasteiger partial charge in [-0.15, -0.1) is 0 Å². The van der Waals surface area contributed by atoms with E-state index in [0.717, 1.165) is 52.5 Å². The number of ketones is 1. The summed E-state index contributed by atoms with van der Waals surface area (Å²) < 4.78 is 6.09. The fourth-order valence-corrected chi connectivity index (χ4v) is 5.04. The summed E-state index contributed by atoms with van der Waals surface area (Å²) in [5.41, 5.74) is 4.93. The molecule has 0 radical (unpaired) electrons. The number of fused-ring (bicyclic) bond motifs is 1. The summed E-state index contributed by atoms with van der Waals surface area (Å²) in [6.45, 7) is 4.46. The minimum Gasteiger partial charge on any atom is -0.457 e. The number of nitrogens with one attached hydrogen (secondary N) is 2. The summed E-state index contributed by atoms with van der Waals surface area (Å²) in [7, 11) is 0. The first-order valence-electron chi connectivity index (χ1n) is 11.8. The molecule has 0 amide bonds.